The number of hydrogen-bond donors (Lipinski definition) is 0. The van der Waals surface area contributed by atoms with Crippen molar-refractivity contribution in [1.29, 1.82) is 0 Å². The van der Waals surface area contributed by atoms with Crippen LogP contribution >= 0.6 is 0 Å². The third kappa shape index (κ3) is 1.59. The van der Waals surface area contributed by atoms with Crippen molar-refractivity contribution < 1.29 is 0 Å². The molecule has 3 fully saturated rings. The predicted molar refractivity (Wildman–Crippen MR) is 62.8 cm³/mol. The molecule has 1 aromatic rings. The molecule has 80 valence electrons. The molecule has 3 saturated heterocycles. The zero-order valence-electron chi connectivity index (χ0n) is 9.45. The largest absolute Gasteiger partial charge is 0.296 e. The molecule has 1 atom stereocenters. The van der Waals surface area contributed by atoms with E-state index >= 15 is 0 Å². The molecule has 1 heteroatoms. The molecule has 3 aliphatic heterocycles. The van der Waals surface area contributed by atoms with Crippen LogP contribution in [0.5, 0.6) is 0 Å². The van der Waals surface area contributed by atoms with Gasteiger partial charge in [0.15, 0.2) is 0 Å². The average Bonchev–Trinajstić information content (AvgIpc) is 2.31. The molecule has 0 spiro atoms. The van der Waals surface area contributed by atoms with Gasteiger partial charge in [0.1, 0.15) is 0 Å². The normalized spacial score (nSPS) is 34.3. The molecule has 0 aromatic heterocycles. The fraction of sp³-hybridized carbons (Fsp3) is 0.571. The van der Waals surface area contributed by atoms with Crippen LogP contribution in [-0.4, -0.2) is 18.0 Å². The lowest BCUT2D eigenvalue weighted by Crippen LogP contribution is -2.43. The molecule has 3 heterocycles. The van der Waals surface area contributed by atoms with Gasteiger partial charge in [0, 0.05) is 6.04 Å². The van der Waals surface area contributed by atoms with E-state index in [0.29, 0.717) is 0 Å². The molecular formula is C14H19N. The Morgan fingerprint density at radius 1 is 1.13 bits per heavy atom. The number of hydrogen-bond acceptors (Lipinski definition) is 1. The second-order valence-electron chi connectivity index (χ2n) is 5.09. The SMILES string of the molecule is Cc1ccccc1C1CC2CCN1CC2. The van der Waals surface area contributed by atoms with Gasteiger partial charge in [0.05, 0.1) is 0 Å². The first-order valence-electron chi connectivity index (χ1n) is 6.14. The van der Waals surface area contributed by atoms with Gasteiger partial charge >= 0.3 is 0 Å². The highest BCUT2D eigenvalue weighted by atomic mass is 15.2. The van der Waals surface area contributed by atoms with Crippen LogP contribution in [0, 0.1) is 12.8 Å². The van der Waals surface area contributed by atoms with Gasteiger partial charge in [-0.25, -0.2) is 0 Å². The monoisotopic (exact) mass is 201 g/mol. The van der Waals surface area contributed by atoms with E-state index in [1.165, 1.54) is 37.9 Å². The summed E-state index contributed by atoms with van der Waals surface area (Å²) in [7, 11) is 0. The molecule has 3 aliphatic rings. The lowest BCUT2D eigenvalue weighted by Gasteiger charge is -2.46. The Balaban J connectivity index is 1.91. The summed E-state index contributed by atoms with van der Waals surface area (Å²) in [4.78, 5) is 2.68. The highest BCUT2D eigenvalue weighted by molar-refractivity contribution is 5.29. The Morgan fingerprint density at radius 3 is 2.47 bits per heavy atom. The van der Waals surface area contributed by atoms with Crippen LogP contribution in [0.2, 0.25) is 0 Å². The summed E-state index contributed by atoms with van der Waals surface area (Å²) in [6.07, 6.45) is 4.26. The molecule has 1 unspecified atom stereocenters. The van der Waals surface area contributed by atoms with Crippen LogP contribution in [0.3, 0.4) is 0 Å². The summed E-state index contributed by atoms with van der Waals surface area (Å²) < 4.78 is 0. The maximum atomic E-state index is 2.68. The van der Waals surface area contributed by atoms with Crippen molar-refractivity contribution in [1.82, 2.24) is 4.90 Å². The van der Waals surface area contributed by atoms with E-state index in [4.69, 9.17) is 0 Å². The summed E-state index contributed by atoms with van der Waals surface area (Å²) in [5.41, 5.74) is 3.04. The molecule has 0 radical (unpaired) electrons. The van der Waals surface area contributed by atoms with E-state index in [0.717, 1.165) is 12.0 Å². The van der Waals surface area contributed by atoms with E-state index in [9.17, 15) is 0 Å². The number of fused-ring (bicyclic) bond motifs is 3. The van der Waals surface area contributed by atoms with Crippen molar-refractivity contribution in [3.63, 3.8) is 0 Å². The summed E-state index contributed by atoms with van der Waals surface area (Å²) in [5, 5.41) is 0. The third-order valence-electron chi connectivity index (χ3n) is 4.19. The first-order chi connectivity index (χ1) is 7.34. The van der Waals surface area contributed by atoms with Crippen molar-refractivity contribution in [3.8, 4) is 0 Å². The average molecular weight is 201 g/mol. The standard InChI is InChI=1S/C14H19N/c1-11-4-2-3-5-13(11)14-10-12-6-8-15(14)9-7-12/h2-5,12,14H,6-10H2,1H3. The van der Waals surface area contributed by atoms with Crippen LogP contribution in [0.15, 0.2) is 24.3 Å². The van der Waals surface area contributed by atoms with Gasteiger partial charge in [0.2, 0.25) is 0 Å². The van der Waals surface area contributed by atoms with Crippen LogP contribution in [-0.2, 0) is 0 Å². The van der Waals surface area contributed by atoms with Crippen molar-refractivity contribution in [2.24, 2.45) is 5.92 Å². The number of benzene rings is 1. The second kappa shape index (κ2) is 3.64. The molecular weight excluding hydrogens is 182 g/mol. The lowest BCUT2D eigenvalue weighted by atomic mass is 9.80. The fourth-order valence-electron chi connectivity index (χ4n) is 3.25. The van der Waals surface area contributed by atoms with E-state index in [1.54, 1.807) is 5.56 Å². The Kier molecular flexibility index (Phi) is 2.28. The summed E-state index contributed by atoms with van der Waals surface area (Å²) in [5.74, 6) is 1.000. The maximum absolute atomic E-state index is 2.68. The number of nitrogens with zero attached hydrogens (tertiary/aromatic N) is 1. The molecule has 0 amide bonds. The fourth-order valence-corrected chi connectivity index (χ4v) is 3.25. The quantitative estimate of drug-likeness (QED) is 0.674. The smallest absolute Gasteiger partial charge is 0.0353 e. The van der Waals surface area contributed by atoms with Gasteiger partial charge in [-0.2, -0.15) is 0 Å². The summed E-state index contributed by atoms with van der Waals surface area (Å²) in [6.45, 7) is 4.89. The third-order valence-corrected chi connectivity index (χ3v) is 4.19. The summed E-state index contributed by atoms with van der Waals surface area (Å²) >= 11 is 0. The van der Waals surface area contributed by atoms with Gasteiger partial charge < -0.3 is 0 Å². The lowest BCUT2D eigenvalue weighted by molar-refractivity contribution is 0.0487. The zero-order chi connectivity index (χ0) is 10.3. The van der Waals surface area contributed by atoms with Crippen molar-refractivity contribution in [3.05, 3.63) is 35.4 Å². The highest BCUT2D eigenvalue weighted by Gasteiger charge is 2.34. The Bertz CT molecular complexity index is 350. The minimum atomic E-state index is 0.721. The van der Waals surface area contributed by atoms with Crippen LogP contribution in [0.1, 0.15) is 36.4 Å². The van der Waals surface area contributed by atoms with Crippen molar-refractivity contribution >= 4 is 0 Å². The minimum absolute atomic E-state index is 0.721. The predicted octanol–water partition coefficient (Wildman–Crippen LogP) is 3.15. The molecule has 2 bridgehead atoms. The minimum Gasteiger partial charge on any atom is -0.296 e. The molecule has 15 heavy (non-hydrogen) atoms. The van der Waals surface area contributed by atoms with Crippen LogP contribution < -0.4 is 0 Å². The first-order valence-corrected chi connectivity index (χ1v) is 6.14. The summed E-state index contributed by atoms with van der Waals surface area (Å²) in [6, 6.07) is 9.62. The zero-order valence-corrected chi connectivity index (χ0v) is 9.45. The Morgan fingerprint density at radius 2 is 1.87 bits per heavy atom. The molecule has 0 aliphatic carbocycles. The molecule has 0 saturated carbocycles. The number of rotatable bonds is 1. The van der Waals surface area contributed by atoms with Crippen LogP contribution in [0.4, 0.5) is 0 Å². The van der Waals surface area contributed by atoms with Gasteiger partial charge in [-0.15, -0.1) is 0 Å². The van der Waals surface area contributed by atoms with E-state index in [-0.39, 0.29) is 0 Å². The number of piperidine rings is 3. The van der Waals surface area contributed by atoms with Crippen molar-refractivity contribution in [2.75, 3.05) is 13.1 Å². The van der Waals surface area contributed by atoms with Crippen molar-refractivity contribution in [2.45, 2.75) is 32.2 Å². The number of aryl methyl sites for hydroxylation is 1. The van der Waals surface area contributed by atoms with Gasteiger partial charge in [-0.3, -0.25) is 4.90 Å². The highest BCUT2D eigenvalue weighted by Crippen LogP contribution is 2.41. The van der Waals surface area contributed by atoms with Gasteiger partial charge in [-0.1, -0.05) is 24.3 Å². The topological polar surface area (TPSA) is 3.24 Å². The van der Waals surface area contributed by atoms with E-state index in [1.807, 2.05) is 0 Å². The Hall–Kier alpha value is -0.820. The first kappa shape index (κ1) is 9.41. The van der Waals surface area contributed by atoms with Crippen LogP contribution in [0.25, 0.3) is 0 Å². The second-order valence-corrected chi connectivity index (χ2v) is 5.09. The molecule has 1 nitrogen and oxygen atoms in total. The Labute approximate surface area is 92.1 Å². The van der Waals surface area contributed by atoms with E-state index in [2.05, 4.69) is 36.1 Å². The van der Waals surface area contributed by atoms with Gasteiger partial charge in [-0.05, 0) is 56.3 Å². The van der Waals surface area contributed by atoms with E-state index < -0.39 is 0 Å². The molecule has 0 N–H and O–H groups in total. The molecule has 1 aromatic carbocycles. The maximum Gasteiger partial charge on any atom is 0.0353 e. The van der Waals surface area contributed by atoms with Gasteiger partial charge in [0.25, 0.3) is 0 Å². The molecule has 4 rings (SSSR count).